The van der Waals surface area contributed by atoms with Crippen LogP contribution in [0.3, 0.4) is 0 Å². The third kappa shape index (κ3) is 3.31. The Kier molecular flexibility index (Phi) is 4.71. The van der Waals surface area contributed by atoms with E-state index in [1.807, 2.05) is 0 Å². The molecule has 1 fully saturated rings. The van der Waals surface area contributed by atoms with Gasteiger partial charge in [-0.15, -0.1) is 0 Å². The summed E-state index contributed by atoms with van der Waals surface area (Å²) in [6.45, 7) is 14.6. The van der Waals surface area contributed by atoms with Crippen LogP contribution in [0.2, 0.25) is 0 Å². The zero-order chi connectivity index (χ0) is 20.3. The van der Waals surface area contributed by atoms with Gasteiger partial charge in [0.2, 0.25) is 0 Å². The van der Waals surface area contributed by atoms with Crippen LogP contribution in [-0.2, 0) is 10.8 Å². The number of aliphatic hydroxyl groups excluding tert-OH is 1. The fourth-order valence-electron chi connectivity index (χ4n) is 4.83. The molecule has 0 amide bonds. The zero-order valence-corrected chi connectivity index (χ0v) is 18.3. The van der Waals surface area contributed by atoms with Gasteiger partial charge in [0.05, 0.1) is 6.10 Å². The van der Waals surface area contributed by atoms with Crippen LogP contribution in [0.1, 0.15) is 82.6 Å². The van der Waals surface area contributed by atoms with Crippen molar-refractivity contribution in [2.75, 3.05) is 6.54 Å². The summed E-state index contributed by atoms with van der Waals surface area (Å²) >= 11 is 0. The number of hydrogen-bond donors (Lipinski definition) is 2. The number of nitrogens with one attached hydrogen (secondary N) is 1. The van der Waals surface area contributed by atoms with Gasteiger partial charge in [-0.3, -0.25) is 0 Å². The summed E-state index contributed by atoms with van der Waals surface area (Å²) in [5.41, 5.74) is 8.07. The summed E-state index contributed by atoms with van der Waals surface area (Å²) in [6, 6.07) is 14.0. The summed E-state index contributed by atoms with van der Waals surface area (Å²) in [6.07, 6.45) is 1.81. The van der Waals surface area contributed by atoms with Gasteiger partial charge in [0.15, 0.2) is 0 Å². The third-order valence-electron chi connectivity index (χ3n) is 6.65. The van der Waals surface area contributed by atoms with Crippen molar-refractivity contribution in [2.45, 2.75) is 83.3 Å². The highest BCUT2D eigenvalue weighted by molar-refractivity contribution is 5.80. The Morgan fingerprint density at radius 1 is 0.857 bits per heavy atom. The summed E-state index contributed by atoms with van der Waals surface area (Å²) in [4.78, 5) is 0. The normalized spacial score (nSPS) is 20.9. The molecular weight excluding hydrogens is 342 g/mol. The molecule has 2 aromatic carbocycles. The first-order valence-corrected chi connectivity index (χ1v) is 10.8. The van der Waals surface area contributed by atoms with Gasteiger partial charge in [0.25, 0.3) is 0 Å². The number of benzene rings is 2. The van der Waals surface area contributed by atoms with E-state index in [-0.39, 0.29) is 22.8 Å². The minimum Gasteiger partial charge on any atom is -0.391 e. The average Bonchev–Trinajstić information content (AvgIpc) is 3.25. The molecule has 0 bridgehead atoms. The Morgan fingerprint density at radius 3 is 1.75 bits per heavy atom. The summed E-state index contributed by atoms with van der Waals surface area (Å²) in [5, 5.41) is 15.0. The molecule has 0 aromatic heterocycles. The second-order valence-electron chi connectivity index (χ2n) is 10.8. The predicted molar refractivity (Wildman–Crippen MR) is 118 cm³/mol. The van der Waals surface area contributed by atoms with Crippen LogP contribution in [0.15, 0.2) is 36.4 Å². The fourth-order valence-corrected chi connectivity index (χ4v) is 4.83. The van der Waals surface area contributed by atoms with Crippen LogP contribution < -0.4 is 5.32 Å². The van der Waals surface area contributed by atoms with Crippen molar-refractivity contribution >= 4 is 0 Å². The van der Waals surface area contributed by atoms with Crippen LogP contribution in [0.4, 0.5) is 0 Å². The van der Waals surface area contributed by atoms with Crippen LogP contribution in [0.5, 0.6) is 0 Å². The average molecular weight is 378 g/mol. The van der Waals surface area contributed by atoms with Crippen molar-refractivity contribution < 1.29 is 5.11 Å². The number of hydrogen-bond acceptors (Lipinski definition) is 2. The lowest BCUT2D eigenvalue weighted by molar-refractivity contribution is 0.120. The monoisotopic (exact) mass is 377 g/mol. The molecule has 2 N–H and O–H groups in total. The van der Waals surface area contributed by atoms with Crippen LogP contribution in [0.25, 0.3) is 11.1 Å². The quantitative estimate of drug-likeness (QED) is 0.723. The Labute approximate surface area is 170 Å². The van der Waals surface area contributed by atoms with Crippen molar-refractivity contribution in [1.29, 1.82) is 0 Å². The van der Waals surface area contributed by atoms with Crippen LogP contribution in [0, 0.1) is 0 Å². The van der Waals surface area contributed by atoms with E-state index in [9.17, 15) is 5.11 Å². The van der Waals surface area contributed by atoms with E-state index in [2.05, 4.69) is 83.3 Å². The summed E-state index contributed by atoms with van der Waals surface area (Å²) < 4.78 is 0. The van der Waals surface area contributed by atoms with Gasteiger partial charge in [-0.05, 0) is 63.6 Å². The van der Waals surface area contributed by atoms with Gasteiger partial charge in [0, 0.05) is 12.0 Å². The SMILES string of the molecule is CC(C)(C)c1ccc2c(c1)C([C@@H](O)[C@@H]1CCCN1)c1cc(C(C)(C)C)ccc1-2. The van der Waals surface area contributed by atoms with E-state index in [4.69, 9.17) is 0 Å². The lowest BCUT2D eigenvalue weighted by atomic mass is 9.80. The molecule has 1 aliphatic heterocycles. The highest BCUT2D eigenvalue weighted by atomic mass is 16.3. The van der Waals surface area contributed by atoms with E-state index >= 15 is 0 Å². The summed E-state index contributed by atoms with van der Waals surface area (Å²) in [5.74, 6) is 0.0465. The number of rotatable bonds is 2. The molecule has 1 aliphatic carbocycles. The maximum Gasteiger partial charge on any atom is 0.0802 e. The second kappa shape index (κ2) is 6.71. The molecule has 2 atom stereocenters. The standard InChI is InChI=1S/C26H35NO/c1-25(2,3)16-9-11-18-19-12-10-17(26(4,5)6)15-21(19)23(20(18)14-16)24(28)22-8-7-13-27-22/h9-12,14-15,22-24,27-28H,7-8,13H2,1-6H3/t22-,24-/m0/s1. The van der Waals surface area contributed by atoms with E-state index < -0.39 is 6.10 Å². The topological polar surface area (TPSA) is 32.3 Å². The van der Waals surface area contributed by atoms with Crippen molar-refractivity contribution in [3.05, 3.63) is 58.7 Å². The van der Waals surface area contributed by atoms with Crippen molar-refractivity contribution in [3.63, 3.8) is 0 Å². The molecule has 28 heavy (non-hydrogen) atoms. The smallest absolute Gasteiger partial charge is 0.0802 e. The molecule has 0 radical (unpaired) electrons. The Morgan fingerprint density at radius 2 is 1.36 bits per heavy atom. The fraction of sp³-hybridized carbons (Fsp3) is 0.538. The summed E-state index contributed by atoms with van der Waals surface area (Å²) in [7, 11) is 0. The molecule has 150 valence electrons. The minimum atomic E-state index is -0.395. The molecule has 2 aliphatic rings. The first-order valence-electron chi connectivity index (χ1n) is 10.8. The van der Waals surface area contributed by atoms with Crippen molar-refractivity contribution in [3.8, 4) is 11.1 Å². The lowest BCUT2D eigenvalue weighted by Crippen LogP contribution is -2.38. The van der Waals surface area contributed by atoms with Gasteiger partial charge in [-0.2, -0.15) is 0 Å². The molecule has 4 rings (SSSR count). The molecule has 2 aromatic rings. The maximum absolute atomic E-state index is 11.5. The zero-order valence-electron chi connectivity index (χ0n) is 18.3. The van der Waals surface area contributed by atoms with Crippen molar-refractivity contribution in [2.24, 2.45) is 0 Å². The molecule has 0 spiro atoms. The Balaban J connectivity index is 1.88. The van der Waals surface area contributed by atoms with Crippen molar-refractivity contribution in [1.82, 2.24) is 5.32 Å². The first kappa shape index (κ1) is 19.7. The van der Waals surface area contributed by atoms with E-state index in [1.165, 1.54) is 33.4 Å². The van der Waals surface area contributed by atoms with E-state index in [1.54, 1.807) is 0 Å². The maximum atomic E-state index is 11.5. The number of fused-ring (bicyclic) bond motifs is 3. The van der Waals surface area contributed by atoms with Gasteiger partial charge in [-0.25, -0.2) is 0 Å². The largest absolute Gasteiger partial charge is 0.391 e. The van der Waals surface area contributed by atoms with Gasteiger partial charge in [0.1, 0.15) is 0 Å². The Hall–Kier alpha value is -1.64. The molecule has 0 saturated carbocycles. The molecule has 0 unspecified atom stereocenters. The van der Waals surface area contributed by atoms with Crippen LogP contribution in [-0.4, -0.2) is 23.8 Å². The predicted octanol–water partition coefficient (Wildman–Crippen LogP) is 5.51. The first-order chi connectivity index (χ1) is 13.1. The van der Waals surface area contributed by atoms with Gasteiger partial charge >= 0.3 is 0 Å². The molecular formula is C26H35NO. The Bertz CT molecular complexity index is 815. The van der Waals surface area contributed by atoms with Crippen LogP contribution >= 0.6 is 0 Å². The second-order valence-corrected chi connectivity index (χ2v) is 10.8. The van der Waals surface area contributed by atoms with E-state index in [0.717, 1.165) is 19.4 Å². The highest BCUT2D eigenvalue weighted by Gasteiger charge is 2.39. The molecule has 2 heteroatoms. The molecule has 1 saturated heterocycles. The highest BCUT2D eigenvalue weighted by Crippen LogP contribution is 2.49. The van der Waals surface area contributed by atoms with E-state index in [0.29, 0.717) is 0 Å². The molecule has 2 nitrogen and oxygen atoms in total. The lowest BCUT2D eigenvalue weighted by Gasteiger charge is -2.28. The minimum absolute atomic E-state index is 0.0465. The van der Waals surface area contributed by atoms with Gasteiger partial charge in [-0.1, -0.05) is 77.9 Å². The van der Waals surface area contributed by atoms with Gasteiger partial charge < -0.3 is 10.4 Å². The molecule has 1 heterocycles. The number of aliphatic hydroxyl groups is 1. The third-order valence-corrected chi connectivity index (χ3v) is 6.65.